The van der Waals surface area contributed by atoms with Gasteiger partial charge in [-0.25, -0.2) is 0 Å². The molecule has 0 rings (SSSR count). The van der Waals surface area contributed by atoms with Crippen molar-refractivity contribution in [3.8, 4) is 0 Å². The van der Waals surface area contributed by atoms with E-state index in [1.807, 2.05) is 0 Å². The van der Waals surface area contributed by atoms with Crippen LogP contribution in [0.2, 0.25) is 0 Å². The smallest absolute Gasteiger partial charge is 0.220 e. The highest BCUT2D eigenvalue weighted by Crippen LogP contribution is 2.05. The molecule has 142 valence electrons. The lowest BCUT2D eigenvalue weighted by molar-refractivity contribution is -0.126. The Morgan fingerprint density at radius 1 is 0.542 bits per heavy atom. The maximum atomic E-state index is 11.7. The standard InChI is InChI=1S/C20H40N2O2/c1-3-5-7-9-11-13-17-21-19(23)15-16-20(24)22-18-14-12-10-8-6-4-2/h3-18H2,1-2H3,(H,21,23)(H,22,24). The molecule has 2 N–H and O–H groups in total. The summed E-state index contributed by atoms with van der Waals surface area (Å²) in [4.78, 5) is 23.3. The van der Waals surface area contributed by atoms with Crippen molar-refractivity contribution in [3.63, 3.8) is 0 Å². The molecule has 0 atom stereocenters. The number of hydrogen-bond donors (Lipinski definition) is 2. The summed E-state index contributed by atoms with van der Waals surface area (Å²) in [7, 11) is 0. The van der Waals surface area contributed by atoms with Gasteiger partial charge < -0.3 is 10.6 Å². The minimum absolute atomic E-state index is 0.00160. The molecule has 4 nitrogen and oxygen atoms in total. The van der Waals surface area contributed by atoms with Crippen molar-refractivity contribution in [2.45, 2.75) is 104 Å². The Bertz CT molecular complexity index is 276. The van der Waals surface area contributed by atoms with Crippen LogP contribution in [0.5, 0.6) is 0 Å². The summed E-state index contributed by atoms with van der Waals surface area (Å²) in [6, 6.07) is 0. The number of rotatable bonds is 17. The van der Waals surface area contributed by atoms with Gasteiger partial charge in [-0.2, -0.15) is 0 Å². The van der Waals surface area contributed by atoms with Crippen LogP contribution in [-0.4, -0.2) is 24.9 Å². The zero-order chi connectivity index (χ0) is 17.9. The van der Waals surface area contributed by atoms with Crippen molar-refractivity contribution in [2.24, 2.45) is 0 Å². The first kappa shape index (κ1) is 22.9. The van der Waals surface area contributed by atoms with Gasteiger partial charge in [0.25, 0.3) is 0 Å². The van der Waals surface area contributed by atoms with E-state index in [4.69, 9.17) is 0 Å². The summed E-state index contributed by atoms with van der Waals surface area (Å²) in [6.07, 6.45) is 15.3. The zero-order valence-electron chi connectivity index (χ0n) is 16.1. The van der Waals surface area contributed by atoms with Crippen LogP contribution in [-0.2, 0) is 9.59 Å². The van der Waals surface area contributed by atoms with Crippen molar-refractivity contribution in [1.29, 1.82) is 0 Å². The monoisotopic (exact) mass is 340 g/mol. The molecule has 0 heterocycles. The fourth-order valence-corrected chi connectivity index (χ4v) is 2.67. The molecule has 0 aliphatic carbocycles. The average molecular weight is 341 g/mol. The number of carbonyl (C=O) groups is 2. The number of carbonyl (C=O) groups excluding carboxylic acids is 2. The topological polar surface area (TPSA) is 58.2 Å². The van der Waals surface area contributed by atoms with Crippen LogP contribution in [0, 0.1) is 0 Å². The molecule has 0 saturated carbocycles. The normalized spacial score (nSPS) is 10.6. The van der Waals surface area contributed by atoms with Gasteiger partial charge in [0.2, 0.25) is 11.8 Å². The van der Waals surface area contributed by atoms with Crippen molar-refractivity contribution >= 4 is 11.8 Å². The Morgan fingerprint density at radius 3 is 1.25 bits per heavy atom. The maximum absolute atomic E-state index is 11.7. The molecule has 0 aliphatic heterocycles. The van der Waals surface area contributed by atoms with Gasteiger partial charge in [0.15, 0.2) is 0 Å². The predicted molar refractivity (Wildman–Crippen MR) is 102 cm³/mol. The molecule has 24 heavy (non-hydrogen) atoms. The van der Waals surface area contributed by atoms with Gasteiger partial charge in [0.05, 0.1) is 0 Å². The molecule has 0 aromatic heterocycles. The van der Waals surface area contributed by atoms with Gasteiger partial charge in [-0.05, 0) is 12.8 Å². The molecular weight excluding hydrogens is 300 g/mol. The Labute approximate surface area is 149 Å². The van der Waals surface area contributed by atoms with Crippen molar-refractivity contribution < 1.29 is 9.59 Å². The Hall–Kier alpha value is -1.06. The summed E-state index contributed by atoms with van der Waals surface area (Å²) in [5.41, 5.74) is 0. The van der Waals surface area contributed by atoms with E-state index in [9.17, 15) is 9.59 Å². The van der Waals surface area contributed by atoms with Crippen LogP contribution >= 0.6 is 0 Å². The lowest BCUT2D eigenvalue weighted by atomic mass is 10.1. The van der Waals surface area contributed by atoms with Gasteiger partial charge in [0.1, 0.15) is 0 Å². The third-order valence-corrected chi connectivity index (χ3v) is 4.28. The summed E-state index contributed by atoms with van der Waals surface area (Å²) < 4.78 is 0. The van der Waals surface area contributed by atoms with Crippen molar-refractivity contribution in [1.82, 2.24) is 10.6 Å². The van der Waals surface area contributed by atoms with E-state index < -0.39 is 0 Å². The molecule has 0 unspecified atom stereocenters. The van der Waals surface area contributed by atoms with E-state index in [2.05, 4.69) is 24.5 Å². The van der Waals surface area contributed by atoms with E-state index in [0.29, 0.717) is 12.8 Å². The second kappa shape index (κ2) is 18.3. The largest absolute Gasteiger partial charge is 0.356 e. The number of nitrogens with one attached hydrogen (secondary N) is 2. The molecule has 4 heteroatoms. The number of hydrogen-bond acceptors (Lipinski definition) is 2. The van der Waals surface area contributed by atoms with E-state index in [-0.39, 0.29) is 11.8 Å². The molecule has 0 aromatic rings. The van der Waals surface area contributed by atoms with Gasteiger partial charge in [-0.15, -0.1) is 0 Å². The summed E-state index contributed by atoms with van der Waals surface area (Å²) in [6.45, 7) is 5.91. The molecule has 0 aromatic carbocycles. The lowest BCUT2D eigenvalue weighted by Crippen LogP contribution is -2.28. The third-order valence-electron chi connectivity index (χ3n) is 4.28. The molecule has 0 spiro atoms. The van der Waals surface area contributed by atoms with Crippen LogP contribution in [0.3, 0.4) is 0 Å². The Balaban J connectivity index is 3.34. The highest BCUT2D eigenvalue weighted by atomic mass is 16.2. The molecular formula is C20H40N2O2. The van der Waals surface area contributed by atoms with E-state index in [1.165, 1.54) is 64.2 Å². The van der Waals surface area contributed by atoms with Gasteiger partial charge in [-0.3, -0.25) is 9.59 Å². The minimum Gasteiger partial charge on any atom is -0.356 e. The highest BCUT2D eigenvalue weighted by Gasteiger charge is 2.05. The fourth-order valence-electron chi connectivity index (χ4n) is 2.67. The minimum atomic E-state index is -0.00160. The predicted octanol–water partition coefficient (Wildman–Crippen LogP) is 4.72. The molecule has 0 bridgehead atoms. The quantitative estimate of drug-likeness (QED) is 0.376. The second-order valence-corrected chi connectivity index (χ2v) is 6.74. The summed E-state index contributed by atoms with van der Waals surface area (Å²) in [5, 5.41) is 5.81. The Morgan fingerprint density at radius 2 is 0.875 bits per heavy atom. The molecule has 0 fully saturated rings. The average Bonchev–Trinajstić information content (AvgIpc) is 2.58. The van der Waals surface area contributed by atoms with Crippen LogP contribution in [0.1, 0.15) is 104 Å². The van der Waals surface area contributed by atoms with E-state index in [0.717, 1.165) is 25.9 Å². The van der Waals surface area contributed by atoms with Crippen LogP contribution in [0.15, 0.2) is 0 Å². The van der Waals surface area contributed by atoms with Gasteiger partial charge >= 0.3 is 0 Å². The summed E-state index contributed by atoms with van der Waals surface area (Å²) >= 11 is 0. The van der Waals surface area contributed by atoms with Crippen LogP contribution in [0.25, 0.3) is 0 Å². The molecule has 0 radical (unpaired) electrons. The van der Waals surface area contributed by atoms with Crippen molar-refractivity contribution in [3.05, 3.63) is 0 Å². The second-order valence-electron chi connectivity index (χ2n) is 6.74. The number of unbranched alkanes of at least 4 members (excludes halogenated alkanes) is 10. The van der Waals surface area contributed by atoms with Gasteiger partial charge in [0, 0.05) is 25.9 Å². The van der Waals surface area contributed by atoms with E-state index >= 15 is 0 Å². The number of amides is 2. The zero-order valence-corrected chi connectivity index (χ0v) is 16.1. The van der Waals surface area contributed by atoms with Crippen LogP contribution in [0.4, 0.5) is 0 Å². The fraction of sp³-hybridized carbons (Fsp3) is 0.900. The first-order chi connectivity index (χ1) is 11.7. The third kappa shape index (κ3) is 17.3. The highest BCUT2D eigenvalue weighted by molar-refractivity contribution is 5.83. The van der Waals surface area contributed by atoms with E-state index in [1.54, 1.807) is 0 Å². The molecule has 0 aliphatic rings. The van der Waals surface area contributed by atoms with Crippen LogP contribution < -0.4 is 10.6 Å². The Kier molecular flexibility index (Phi) is 17.5. The van der Waals surface area contributed by atoms with Crippen molar-refractivity contribution in [2.75, 3.05) is 13.1 Å². The lowest BCUT2D eigenvalue weighted by Gasteiger charge is -2.07. The maximum Gasteiger partial charge on any atom is 0.220 e. The SMILES string of the molecule is CCCCCCCCNC(=O)CCC(=O)NCCCCCCCC. The summed E-state index contributed by atoms with van der Waals surface area (Å²) in [5.74, 6) is -0.00320. The van der Waals surface area contributed by atoms with Gasteiger partial charge in [-0.1, -0.05) is 78.1 Å². The first-order valence-electron chi connectivity index (χ1n) is 10.2. The molecule has 0 saturated heterocycles. The first-order valence-corrected chi connectivity index (χ1v) is 10.2. The molecule has 2 amide bonds.